The van der Waals surface area contributed by atoms with E-state index in [2.05, 4.69) is 49.8 Å². The van der Waals surface area contributed by atoms with Crippen molar-refractivity contribution < 1.29 is 4.79 Å². The molecular formula is C22H23ClN4OS. The number of nitrogens with zero attached hydrogens (tertiary/aromatic N) is 3. The molecule has 4 aliphatic heterocycles. The Morgan fingerprint density at radius 2 is 1.97 bits per heavy atom. The predicted molar refractivity (Wildman–Crippen MR) is 116 cm³/mol. The van der Waals surface area contributed by atoms with Crippen LogP contribution >= 0.6 is 23.5 Å². The number of fused-ring (bicyclic) bond motifs is 4. The summed E-state index contributed by atoms with van der Waals surface area (Å²) in [5.74, 6) is 0.0608. The Balaban J connectivity index is 1.03. The molecule has 6 rings (SSSR count). The molecule has 0 saturated carbocycles. The van der Waals surface area contributed by atoms with Crippen molar-refractivity contribution in [2.75, 3.05) is 38.0 Å². The lowest BCUT2D eigenvalue weighted by atomic mass is 10.1. The van der Waals surface area contributed by atoms with Crippen molar-refractivity contribution in [2.24, 2.45) is 0 Å². The van der Waals surface area contributed by atoms with E-state index in [9.17, 15) is 4.79 Å². The molecule has 2 saturated heterocycles. The number of piperazine rings is 1. The van der Waals surface area contributed by atoms with E-state index in [4.69, 9.17) is 11.6 Å². The summed E-state index contributed by atoms with van der Waals surface area (Å²) >= 11 is 8.38. The van der Waals surface area contributed by atoms with Gasteiger partial charge in [0, 0.05) is 48.3 Å². The van der Waals surface area contributed by atoms with Crippen LogP contribution < -0.4 is 5.32 Å². The predicted octanol–water partition coefficient (Wildman–Crippen LogP) is 3.40. The lowest BCUT2D eigenvalue weighted by Crippen LogP contribution is -2.48. The van der Waals surface area contributed by atoms with Gasteiger partial charge in [-0.25, -0.2) is 4.31 Å². The van der Waals surface area contributed by atoms with E-state index >= 15 is 0 Å². The maximum Gasteiger partial charge on any atom is 0.228 e. The van der Waals surface area contributed by atoms with Crippen molar-refractivity contribution in [3.05, 3.63) is 58.1 Å². The van der Waals surface area contributed by atoms with Crippen LogP contribution in [0.15, 0.2) is 41.3 Å². The summed E-state index contributed by atoms with van der Waals surface area (Å²) in [7, 11) is 0. The van der Waals surface area contributed by atoms with Gasteiger partial charge in [0.1, 0.15) is 0 Å². The number of anilines is 1. The second kappa shape index (κ2) is 7.00. The second-order valence-corrected chi connectivity index (χ2v) is 9.75. The molecule has 1 amide bonds. The Labute approximate surface area is 180 Å². The topological polar surface area (TPSA) is 38.6 Å². The number of carbonyl (C=O) groups excluding carboxylic acids is 1. The molecule has 2 aromatic rings. The van der Waals surface area contributed by atoms with Crippen LogP contribution in [0.1, 0.15) is 22.7 Å². The van der Waals surface area contributed by atoms with Gasteiger partial charge in [0.25, 0.3) is 0 Å². The number of hydrogen-bond acceptors (Lipinski definition) is 5. The average Bonchev–Trinajstić information content (AvgIpc) is 3.10. The quantitative estimate of drug-likeness (QED) is 0.599. The lowest BCUT2D eigenvalue weighted by molar-refractivity contribution is -0.115. The Morgan fingerprint density at radius 3 is 2.83 bits per heavy atom. The van der Waals surface area contributed by atoms with Crippen LogP contribution in [0.3, 0.4) is 0 Å². The molecule has 2 aromatic carbocycles. The lowest BCUT2D eigenvalue weighted by Gasteiger charge is -2.35. The first-order valence-corrected chi connectivity index (χ1v) is 11.5. The summed E-state index contributed by atoms with van der Waals surface area (Å²) in [6, 6.07) is 13.4. The van der Waals surface area contributed by atoms with Crippen molar-refractivity contribution in [3.8, 4) is 0 Å². The third kappa shape index (κ3) is 3.18. The normalized spacial score (nSPS) is 28.0. The van der Waals surface area contributed by atoms with Crippen LogP contribution in [0.25, 0.3) is 0 Å². The van der Waals surface area contributed by atoms with Crippen molar-refractivity contribution in [1.82, 2.24) is 14.1 Å². The van der Waals surface area contributed by atoms with Gasteiger partial charge in [0.05, 0.1) is 18.6 Å². The van der Waals surface area contributed by atoms with E-state index in [0.717, 1.165) is 61.0 Å². The van der Waals surface area contributed by atoms with Crippen LogP contribution in [0, 0.1) is 0 Å². The van der Waals surface area contributed by atoms with Crippen molar-refractivity contribution in [1.29, 1.82) is 0 Å². The monoisotopic (exact) mass is 426 g/mol. The average molecular weight is 427 g/mol. The molecule has 3 atom stereocenters. The molecule has 29 heavy (non-hydrogen) atoms. The molecule has 2 unspecified atom stereocenters. The van der Waals surface area contributed by atoms with E-state index in [1.54, 1.807) is 0 Å². The van der Waals surface area contributed by atoms with Gasteiger partial charge >= 0.3 is 0 Å². The molecule has 4 heterocycles. The standard InChI is InChI=1S/C22H23ClN4OS/c23-17-13-18-15(12-20(28)24-18)11-14(17)5-6-25-7-9-26(10-8-25)22-21-16-3-1-2-4-19(16)29-27(21)22/h1-4,11,13,21-22H,5-10,12H2,(H,24,28)/t21-,22?,27?/m0/s1. The minimum atomic E-state index is 0.0608. The molecular weight excluding hydrogens is 404 g/mol. The molecule has 4 aliphatic rings. The fourth-order valence-electron chi connectivity index (χ4n) is 4.91. The first-order chi connectivity index (χ1) is 14.2. The largest absolute Gasteiger partial charge is 0.325 e. The summed E-state index contributed by atoms with van der Waals surface area (Å²) in [6.45, 7) is 5.47. The van der Waals surface area contributed by atoms with Gasteiger partial charge in [0.15, 0.2) is 0 Å². The SMILES string of the molecule is O=C1Cc2cc(CCN3CCN(C4[C@@H]5c6ccccc6SN45)CC3)c(Cl)cc2N1. The van der Waals surface area contributed by atoms with E-state index in [0.29, 0.717) is 18.6 Å². The number of carbonyl (C=O) groups is 1. The molecule has 150 valence electrons. The summed E-state index contributed by atoms with van der Waals surface area (Å²) in [5.41, 5.74) is 4.61. The first-order valence-electron chi connectivity index (χ1n) is 10.3. The number of rotatable bonds is 4. The molecule has 0 aromatic heterocycles. The maximum absolute atomic E-state index is 11.6. The molecule has 7 heteroatoms. The third-order valence-electron chi connectivity index (χ3n) is 6.54. The number of amides is 1. The van der Waals surface area contributed by atoms with Crippen LogP contribution in [0.4, 0.5) is 5.69 Å². The molecule has 1 N–H and O–H groups in total. The van der Waals surface area contributed by atoms with Crippen LogP contribution in [0.5, 0.6) is 0 Å². The van der Waals surface area contributed by atoms with Crippen LogP contribution in [-0.2, 0) is 17.6 Å². The van der Waals surface area contributed by atoms with E-state index in [-0.39, 0.29) is 5.91 Å². The molecule has 2 fully saturated rings. The fourth-order valence-corrected chi connectivity index (χ4v) is 6.47. The molecule has 0 spiro atoms. The fraction of sp³-hybridized carbons (Fsp3) is 0.409. The van der Waals surface area contributed by atoms with Gasteiger partial charge in [-0.3, -0.25) is 9.69 Å². The zero-order valence-electron chi connectivity index (χ0n) is 16.1. The van der Waals surface area contributed by atoms with Crippen molar-refractivity contribution >= 4 is 35.1 Å². The smallest absolute Gasteiger partial charge is 0.228 e. The van der Waals surface area contributed by atoms with Crippen molar-refractivity contribution in [2.45, 2.75) is 29.9 Å². The van der Waals surface area contributed by atoms with Crippen molar-refractivity contribution in [3.63, 3.8) is 0 Å². The minimum Gasteiger partial charge on any atom is -0.325 e. The molecule has 0 aliphatic carbocycles. The van der Waals surface area contributed by atoms with Gasteiger partial charge in [-0.1, -0.05) is 35.9 Å². The highest BCUT2D eigenvalue weighted by molar-refractivity contribution is 7.97. The Bertz CT molecular complexity index is 991. The van der Waals surface area contributed by atoms with Gasteiger partial charge < -0.3 is 10.2 Å². The van der Waals surface area contributed by atoms with E-state index in [1.165, 1.54) is 10.5 Å². The maximum atomic E-state index is 11.6. The van der Waals surface area contributed by atoms with Gasteiger partial charge in [-0.05, 0) is 47.2 Å². The molecule has 0 radical (unpaired) electrons. The molecule has 0 bridgehead atoms. The van der Waals surface area contributed by atoms with Gasteiger partial charge in [-0.15, -0.1) is 0 Å². The highest BCUT2D eigenvalue weighted by Gasteiger charge is 2.57. The van der Waals surface area contributed by atoms with E-state index < -0.39 is 0 Å². The van der Waals surface area contributed by atoms with Crippen LogP contribution in [0.2, 0.25) is 5.02 Å². The van der Waals surface area contributed by atoms with Gasteiger partial charge in [-0.2, -0.15) is 0 Å². The number of halogens is 1. The minimum absolute atomic E-state index is 0.0608. The molecule has 5 nitrogen and oxygen atoms in total. The van der Waals surface area contributed by atoms with Gasteiger partial charge in [0.2, 0.25) is 5.91 Å². The highest BCUT2D eigenvalue weighted by atomic mass is 35.5. The zero-order chi connectivity index (χ0) is 19.5. The zero-order valence-corrected chi connectivity index (χ0v) is 17.7. The first kappa shape index (κ1) is 18.2. The number of nitrogens with one attached hydrogen (secondary N) is 1. The Kier molecular flexibility index (Phi) is 4.39. The summed E-state index contributed by atoms with van der Waals surface area (Å²) < 4.78 is 2.54. The second-order valence-electron chi connectivity index (χ2n) is 8.30. The Hall–Kier alpha value is -1.57. The Morgan fingerprint density at radius 1 is 1.14 bits per heavy atom. The highest BCUT2D eigenvalue weighted by Crippen LogP contribution is 2.60. The number of hydrogen-bond donors (Lipinski definition) is 1. The number of benzene rings is 2. The summed E-state index contributed by atoms with van der Waals surface area (Å²) in [5, 5.41) is 3.63. The van der Waals surface area contributed by atoms with E-state index in [1.807, 2.05) is 18.0 Å². The summed E-state index contributed by atoms with van der Waals surface area (Å²) in [6.07, 6.45) is 1.98. The van der Waals surface area contributed by atoms with Crippen LogP contribution in [-0.4, -0.2) is 58.9 Å². The summed E-state index contributed by atoms with van der Waals surface area (Å²) in [4.78, 5) is 18.2. The third-order valence-corrected chi connectivity index (χ3v) is 8.12.